The number of rotatable bonds is 1. The second kappa shape index (κ2) is 4.42. The van der Waals surface area contributed by atoms with E-state index in [-0.39, 0.29) is 0 Å². The van der Waals surface area contributed by atoms with E-state index in [1.165, 1.54) is 0 Å². The molecule has 0 fully saturated rings. The normalized spacial score (nSPS) is 8.75. The molecular weight excluding hydrogens is 148 g/mol. The molecule has 1 aromatic rings. The first-order valence-corrected chi connectivity index (χ1v) is 3.88. The van der Waals surface area contributed by atoms with Gasteiger partial charge in [-0.25, -0.2) is 0 Å². The third kappa shape index (κ3) is 2.30. The SMILES string of the molecule is NCCC#Cc1ccccc1N. The lowest BCUT2D eigenvalue weighted by atomic mass is 10.2. The molecule has 0 heterocycles. The van der Waals surface area contributed by atoms with Crippen molar-refractivity contribution >= 4 is 5.69 Å². The van der Waals surface area contributed by atoms with Gasteiger partial charge in [0.25, 0.3) is 0 Å². The van der Waals surface area contributed by atoms with Crippen molar-refractivity contribution in [2.24, 2.45) is 5.73 Å². The summed E-state index contributed by atoms with van der Waals surface area (Å²) in [6.45, 7) is 0.597. The van der Waals surface area contributed by atoms with Crippen LogP contribution in [-0.4, -0.2) is 6.54 Å². The number of benzene rings is 1. The number of anilines is 1. The Kier molecular flexibility index (Phi) is 3.18. The summed E-state index contributed by atoms with van der Waals surface area (Å²) in [5.41, 5.74) is 12.6. The summed E-state index contributed by atoms with van der Waals surface area (Å²) < 4.78 is 0. The Hall–Kier alpha value is -1.46. The highest BCUT2D eigenvalue weighted by Crippen LogP contribution is 2.07. The molecule has 1 rings (SSSR count). The standard InChI is InChI=1S/C10H12N2/c11-8-4-3-6-9-5-1-2-7-10(9)12/h1-2,5,7H,4,8,11-12H2. The minimum atomic E-state index is 0.597. The summed E-state index contributed by atoms with van der Waals surface area (Å²) >= 11 is 0. The fourth-order valence-electron chi connectivity index (χ4n) is 0.841. The second-order valence-corrected chi connectivity index (χ2v) is 2.43. The van der Waals surface area contributed by atoms with Gasteiger partial charge in [-0.3, -0.25) is 0 Å². The zero-order chi connectivity index (χ0) is 8.81. The Morgan fingerprint density at radius 2 is 2.00 bits per heavy atom. The predicted molar refractivity (Wildman–Crippen MR) is 51.4 cm³/mol. The van der Waals surface area contributed by atoms with Crippen LogP contribution in [0.3, 0.4) is 0 Å². The van der Waals surface area contributed by atoms with E-state index < -0.39 is 0 Å². The Bertz CT molecular complexity index is 307. The van der Waals surface area contributed by atoms with Crippen LogP contribution in [0.1, 0.15) is 12.0 Å². The molecule has 62 valence electrons. The first-order chi connectivity index (χ1) is 5.84. The average Bonchev–Trinajstić information content (AvgIpc) is 2.09. The van der Waals surface area contributed by atoms with E-state index in [0.29, 0.717) is 13.0 Å². The largest absolute Gasteiger partial charge is 0.398 e. The molecule has 0 saturated carbocycles. The van der Waals surface area contributed by atoms with E-state index in [0.717, 1.165) is 11.3 Å². The third-order valence-electron chi connectivity index (χ3n) is 1.45. The molecule has 0 unspecified atom stereocenters. The minimum absolute atomic E-state index is 0.597. The molecule has 0 aliphatic carbocycles. The van der Waals surface area contributed by atoms with Gasteiger partial charge in [0.15, 0.2) is 0 Å². The van der Waals surface area contributed by atoms with Crippen LogP contribution in [0.4, 0.5) is 5.69 Å². The maximum Gasteiger partial charge on any atom is 0.0474 e. The van der Waals surface area contributed by atoms with Gasteiger partial charge in [0.1, 0.15) is 0 Å². The topological polar surface area (TPSA) is 52.0 Å². The van der Waals surface area contributed by atoms with E-state index in [9.17, 15) is 0 Å². The molecule has 1 aromatic carbocycles. The fraction of sp³-hybridized carbons (Fsp3) is 0.200. The molecule has 0 spiro atoms. The maximum absolute atomic E-state index is 5.67. The Morgan fingerprint density at radius 3 is 2.67 bits per heavy atom. The van der Waals surface area contributed by atoms with Crippen molar-refractivity contribution in [3.63, 3.8) is 0 Å². The highest BCUT2D eigenvalue weighted by atomic mass is 14.5. The van der Waals surface area contributed by atoms with Crippen molar-refractivity contribution in [2.75, 3.05) is 12.3 Å². The molecular formula is C10H12N2. The molecule has 2 nitrogen and oxygen atoms in total. The molecule has 0 aliphatic heterocycles. The van der Waals surface area contributed by atoms with Crippen molar-refractivity contribution in [1.82, 2.24) is 0 Å². The van der Waals surface area contributed by atoms with Gasteiger partial charge in [-0.2, -0.15) is 0 Å². The molecule has 0 saturated heterocycles. The van der Waals surface area contributed by atoms with Gasteiger partial charge < -0.3 is 11.5 Å². The van der Waals surface area contributed by atoms with Crippen LogP contribution in [0.15, 0.2) is 24.3 Å². The van der Waals surface area contributed by atoms with E-state index in [2.05, 4.69) is 11.8 Å². The van der Waals surface area contributed by atoms with Gasteiger partial charge in [-0.15, -0.1) is 0 Å². The number of hydrogen-bond donors (Lipinski definition) is 2. The van der Waals surface area contributed by atoms with Gasteiger partial charge >= 0.3 is 0 Å². The lowest BCUT2D eigenvalue weighted by molar-refractivity contribution is 1.03. The zero-order valence-electron chi connectivity index (χ0n) is 6.88. The molecule has 0 bridgehead atoms. The molecule has 0 radical (unpaired) electrons. The maximum atomic E-state index is 5.67. The first kappa shape index (κ1) is 8.63. The molecule has 4 N–H and O–H groups in total. The van der Waals surface area contributed by atoms with Crippen molar-refractivity contribution in [1.29, 1.82) is 0 Å². The molecule has 0 amide bonds. The number of para-hydroxylation sites is 1. The summed E-state index contributed by atoms with van der Waals surface area (Å²) in [4.78, 5) is 0. The molecule has 12 heavy (non-hydrogen) atoms. The smallest absolute Gasteiger partial charge is 0.0474 e. The molecule has 2 heteroatoms. The van der Waals surface area contributed by atoms with Crippen LogP contribution >= 0.6 is 0 Å². The zero-order valence-corrected chi connectivity index (χ0v) is 6.88. The fourth-order valence-corrected chi connectivity index (χ4v) is 0.841. The second-order valence-electron chi connectivity index (χ2n) is 2.43. The third-order valence-corrected chi connectivity index (χ3v) is 1.45. The van der Waals surface area contributed by atoms with Gasteiger partial charge in [-0.05, 0) is 12.1 Å². The van der Waals surface area contributed by atoms with E-state index in [1.54, 1.807) is 0 Å². The Balaban J connectivity index is 2.77. The summed E-state index contributed by atoms with van der Waals surface area (Å²) in [5, 5.41) is 0. The van der Waals surface area contributed by atoms with Crippen LogP contribution in [0.2, 0.25) is 0 Å². The molecule has 0 aliphatic rings. The van der Waals surface area contributed by atoms with E-state index >= 15 is 0 Å². The lowest BCUT2D eigenvalue weighted by Crippen LogP contribution is -1.95. The monoisotopic (exact) mass is 160 g/mol. The van der Waals surface area contributed by atoms with Gasteiger partial charge in [-0.1, -0.05) is 24.0 Å². The first-order valence-electron chi connectivity index (χ1n) is 3.88. The minimum Gasteiger partial charge on any atom is -0.398 e. The van der Waals surface area contributed by atoms with E-state index in [4.69, 9.17) is 11.5 Å². The van der Waals surface area contributed by atoms with E-state index in [1.807, 2.05) is 24.3 Å². The summed E-state index contributed by atoms with van der Waals surface area (Å²) in [5.74, 6) is 5.90. The highest BCUT2D eigenvalue weighted by molar-refractivity contribution is 5.55. The lowest BCUT2D eigenvalue weighted by Gasteiger charge is -1.94. The van der Waals surface area contributed by atoms with Gasteiger partial charge in [0.05, 0.1) is 0 Å². The van der Waals surface area contributed by atoms with Crippen LogP contribution < -0.4 is 11.5 Å². The number of nitrogens with two attached hydrogens (primary N) is 2. The Labute approximate surface area is 72.6 Å². The molecule has 0 atom stereocenters. The van der Waals surface area contributed by atoms with Crippen molar-refractivity contribution in [3.8, 4) is 11.8 Å². The summed E-state index contributed by atoms with van der Waals surface area (Å²) in [7, 11) is 0. The highest BCUT2D eigenvalue weighted by Gasteiger charge is 1.89. The predicted octanol–water partition coefficient (Wildman–Crippen LogP) is 0.969. The molecule has 0 aromatic heterocycles. The van der Waals surface area contributed by atoms with Crippen LogP contribution in [0.5, 0.6) is 0 Å². The van der Waals surface area contributed by atoms with Crippen LogP contribution in [0, 0.1) is 11.8 Å². The number of hydrogen-bond acceptors (Lipinski definition) is 2. The van der Waals surface area contributed by atoms with Crippen molar-refractivity contribution in [2.45, 2.75) is 6.42 Å². The van der Waals surface area contributed by atoms with Gasteiger partial charge in [0.2, 0.25) is 0 Å². The van der Waals surface area contributed by atoms with Crippen molar-refractivity contribution in [3.05, 3.63) is 29.8 Å². The van der Waals surface area contributed by atoms with Gasteiger partial charge in [0, 0.05) is 24.2 Å². The Morgan fingerprint density at radius 1 is 1.25 bits per heavy atom. The van der Waals surface area contributed by atoms with Crippen molar-refractivity contribution < 1.29 is 0 Å². The van der Waals surface area contributed by atoms with Crippen LogP contribution in [0.25, 0.3) is 0 Å². The van der Waals surface area contributed by atoms with Crippen LogP contribution in [-0.2, 0) is 0 Å². The number of nitrogen functional groups attached to an aromatic ring is 1. The average molecular weight is 160 g/mol. The summed E-state index contributed by atoms with van der Waals surface area (Å²) in [6.07, 6.45) is 0.717. The quantitative estimate of drug-likeness (QED) is 0.475. The summed E-state index contributed by atoms with van der Waals surface area (Å²) in [6, 6.07) is 7.55.